The van der Waals surface area contributed by atoms with Gasteiger partial charge in [-0.3, -0.25) is 4.79 Å². The maximum Gasteiger partial charge on any atom is 0.182 e. The summed E-state index contributed by atoms with van der Waals surface area (Å²) in [6, 6.07) is 0. The molecule has 3 fully saturated rings. The highest BCUT2D eigenvalue weighted by atomic mass is 35.5. The second-order valence-electron chi connectivity index (χ2n) is 6.38. The molecule has 0 heterocycles. The molecule has 1 nitrogen and oxygen atoms in total. The van der Waals surface area contributed by atoms with Gasteiger partial charge in [0.1, 0.15) is 0 Å². The van der Waals surface area contributed by atoms with Crippen LogP contribution in [0.15, 0.2) is 0 Å². The molecule has 3 aliphatic rings. The van der Waals surface area contributed by atoms with E-state index in [-0.39, 0.29) is 17.1 Å². The first-order valence-corrected chi connectivity index (χ1v) is 6.40. The summed E-state index contributed by atoms with van der Waals surface area (Å²) in [5.74, 6) is 1.64. The minimum Gasteiger partial charge on any atom is -0.296 e. The van der Waals surface area contributed by atoms with E-state index in [0.29, 0.717) is 5.41 Å². The molecule has 0 saturated heterocycles. The molecule has 3 rings (SSSR count). The van der Waals surface area contributed by atoms with E-state index >= 15 is 0 Å². The van der Waals surface area contributed by atoms with Crippen LogP contribution in [-0.2, 0) is 4.79 Å². The van der Waals surface area contributed by atoms with Gasteiger partial charge in [0.25, 0.3) is 0 Å². The number of Topliss-reactive ketones (excluding diaryl/α,β-unsaturated/α-hetero) is 1. The summed E-state index contributed by atoms with van der Waals surface area (Å²) in [7, 11) is 0. The molecule has 0 spiro atoms. The fourth-order valence-corrected chi connectivity index (χ4v) is 4.69. The quantitative estimate of drug-likeness (QED) is 0.599. The number of halogens is 2. The molecule has 0 unspecified atom stereocenters. The molecule has 0 bridgehead atoms. The van der Waals surface area contributed by atoms with Crippen LogP contribution in [0.1, 0.15) is 33.6 Å². The molecule has 0 aromatic rings. The van der Waals surface area contributed by atoms with Gasteiger partial charge >= 0.3 is 0 Å². The Morgan fingerprint density at radius 3 is 2.40 bits per heavy atom. The molecule has 3 heteroatoms. The van der Waals surface area contributed by atoms with Gasteiger partial charge in [-0.2, -0.15) is 0 Å². The number of carbonyl (C=O) groups excluding carboxylic acids is 1. The molecular weight excluding hydrogens is 231 g/mol. The van der Waals surface area contributed by atoms with Crippen molar-refractivity contribution in [3.05, 3.63) is 0 Å². The van der Waals surface area contributed by atoms with E-state index in [1.54, 1.807) is 0 Å². The van der Waals surface area contributed by atoms with Crippen molar-refractivity contribution in [1.82, 2.24) is 0 Å². The van der Waals surface area contributed by atoms with Crippen molar-refractivity contribution >= 4 is 29.0 Å². The maximum atomic E-state index is 11.8. The van der Waals surface area contributed by atoms with Gasteiger partial charge in [-0.1, -0.05) is 44.0 Å². The van der Waals surface area contributed by atoms with E-state index in [1.807, 2.05) is 0 Å². The Bertz CT molecular complexity index is 361. The van der Waals surface area contributed by atoms with Gasteiger partial charge < -0.3 is 0 Å². The highest BCUT2D eigenvalue weighted by Gasteiger charge is 2.76. The van der Waals surface area contributed by atoms with Crippen molar-refractivity contribution in [1.29, 1.82) is 0 Å². The Kier molecular flexibility index (Phi) is 1.67. The van der Waals surface area contributed by atoms with E-state index in [0.717, 1.165) is 24.7 Å². The Balaban J connectivity index is 1.94. The lowest BCUT2D eigenvalue weighted by Crippen LogP contribution is -2.65. The Hall–Kier alpha value is 0.250. The SMILES string of the molecule is CC1(C)[C@@H]2C[C@H]3C(=O)C(Cl)(Cl)[C@@]3(C)C[C@@H]21. The zero-order chi connectivity index (χ0) is 11.2. The van der Waals surface area contributed by atoms with Crippen LogP contribution in [0, 0.1) is 28.6 Å². The fraction of sp³-hybridized carbons (Fsp3) is 0.917. The Morgan fingerprint density at radius 2 is 1.80 bits per heavy atom. The van der Waals surface area contributed by atoms with Crippen molar-refractivity contribution in [3.63, 3.8) is 0 Å². The van der Waals surface area contributed by atoms with Crippen molar-refractivity contribution in [2.75, 3.05) is 0 Å². The molecule has 0 aromatic heterocycles. The summed E-state index contributed by atoms with van der Waals surface area (Å²) >= 11 is 12.3. The first kappa shape index (κ1) is 10.4. The number of rotatable bonds is 0. The number of carbonyl (C=O) groups is 1. The highest BCUT2D eigenvalue weighted by molar-refractivity contribution is 6.61. The first-order valence-electron chi connectivity index (χ1n) is 5.65. The molecule has 0 N–H and O–H groups in total. The summed E-state index contributed by atoms with van der Waals surface area (Å²) in [6.07, 6.45) is 2.03. The molecule has 0 radical (unpaired) electrons. The number of fused-ring (bicyclic) bond motifs is 2. The molecule has 0 aliphatic heterocycles. The topological polar surface area (TPSA) is 17.1 Å². The third-order valence-corrected chi connectivity index (χ3v) is 6.77. The zero-order valence-corrected chi connectivity index (χ0v) is 10.8. The van der Waals surface area contributed by atoms with E-state index in [1.165, 1.54) is 0 Å². The number of alkyl halides is 2. The average Bonchev–Trinajstić information content (AvgIpc) is 2.65. The third-order valence-electron chi connectivity index (χ3n) is 5.53. The second kappa shape index (κ2) is 2.41. The summed E-state index contributed by atoms with van der Waals surface area (Å²) in [5.41, 5.74) is 0.243. The summed E-state index contributed by atoms with van der Waals surface area (Å²) < 4.78 is -1.11. The molecule has 4 atom stereocenters. The van der Waals surface area contributed by atoms with E-state index in [9.17, 15) is 4.79 Å². The summed E-state index contributed by atoms with van der Waals surface area (Å²) in [6.45, 7) is 6.68. The molecule has 3 saturated carbocycles. The van der Waals surface area contributed by atoms with Crippen LogP contribution < -0.4 is 0 Å². The lowest BCUT2D eigenvalue weighted by atomic mass is 9.53. The second-order valence-corrected chi connectivity index (χ2v) is 7.71. The highest BCUT2D eigenvalue weighted by Crippen LogP contribution is 2.76. The van der Waals surface area contributed by atoms with Crippen molar-refractivity contribution in [2.45, 2.75) is 37.9 Å². The lowest BCUT2D eigenvalue weighted by molar-refractivity contribution is -0.148. The van der Waals surface area contributed by atoms with Crippen LogP contribution >= 0.6 is 23.2 Å². The van der Waals surface area contributed by atoms with Crippen LogP contribution in [0.4, 0.5) is 0 Å². The molecule has 0 aromatic carbocycles. The molecule has 0 amide bonds. The van der Waals surface area contributed by atoms with Gasteiger partial charge in [0.2, 0.25) is 0 Å². The number of hydrogen-bond acceptors (Lipinski definition) is 1. The Labute approximate surface area is 101 Å². The lowest BCUT2D eigenvalue weighted by Gasteiger charge is -2.57. The van der Waals surface area contributed by atoms with Crippen LogP contribution in [0.25, 0.3) is 0 Å². The van der Waals surface area contributed by atoms with E-state index in [4.69, 9.17) is 23.2 Å². The number of ketones is 1. The number of hydrogen-bond donors (Lipinski definition) is 0. The van der Waals surface area contributed by atoms with Gasteiger partial charge in [0.15, 0.2) is 10.1 Å². The first-order chi connectivity index (χ1) is 6.73. The van der Waals surface area contributed by atoms with Crippen LogP contribution in [0.2, 0.25) is 0 Å². The van der Waals surface area contributed by atoms with Crippen molar-refractivity contribution in [3.8, 4) is 0 Å². The summed E-state index contributed by atoms with van der Waals surface area (Å²) in [4.78, 5) is 11.8. The van der Waals surface area contributed by atoms with Crippen molar-refractivity contribution < 1.29 is 4.79 Å². The molecule has 3 aliphatic carbocycles. The fourth-order valence-electron chi connectivity index (χ4n) is 4.01. The monoisotopic (exact) mass is 246 g/mol. The molecule has 84 valence electrons. The van der Waals surface area contributed by atoms with Crippen LogP contribution in [-0.4, -0.2) is 10.1 Å². The maximum absolute atomic E-state index is 11.8. The van der Waals surface area contributed by atoms with Gasteiger partial charge in [0.05, 0.1) is 0 Å². The summed E-state index contributed by atoms with van der Waals surface area (Å²) in [5, 5.41) is 0. The van der Waals surface area contributed by atoms with Gasteiger partial charge in [-0.05, 0) is 30.1 Å². The standard InChI is InChI=1S/C12H16Cl2O/c1-10(2)6-4-7-9(15)12(13,14)11(7,3)5-8(6)10/h6-8H,4-5H2,1-3H3/t6-,7+,8+,11+/m1/s1. The van der Waals surface area contributed by atoms with Gasteiger partial charge in [-0.15, -0.1) is 0 Å². The predicted octanol–water partition coefficient (Wildman–Crippen LogP) is 3.43. The predicted molar refractivity (Wildman–Crippen MR) is 61.0 cm³/mol. The smallest absolute Gasteiger partial charge is 0.182 e. The molecular formula is C12H16Cl2O. The Morgan fingerprint density at radius 1 is 1.20 bits per heavy atom. The third kappa shape index (κ3) is 0.919. The van der Waals surface area contributed by atoms with Crippen LogP contribution in [0.5, 0.6) is 0 Å². The van der Waals surface area contributed by atoms with Crippen molar-refractivity contribution in [2.24, 2.45) is 28.6 Å². The van der Waals surface area contributed by atoms with E-state index < -0.39 is 4.33 Å². The minimum atomic E-state index is -1.11. The van der Waals surface area contributed by atoms with E-state index in [2.05, 4.69) is 20.8 Å². The van der Waals surface area contributed by atoms with Gasteiger partial charge in [-0.25, -0.2) is 0 Å². The largest absolute Gasteiger partial charge is 0.296 e. The minimum absolute atomic E-state index is 0.0643. The normalized spacial score (nSPS) is 53.9. The zero-order valence-electron chi connectivity index (χ0n) is 9.31. The van der Waals surface area contributed by atoms with Gasteiger partial charge in [0, 0.05) is 11.3 Å². The van der Waals surface area contributed by atoms with Crippen LogP contribution in [0.3, 0.4) is 0 Å². The molecule has 15 heavy (non-hydrogen) atoms. The average molecular weight is 247 g/mol.